The number of thiocarbonyl (C=S) groups is 1. The predicted molar refractivity (Wildman–Crippen MR) is 148 cm³/mol. The van der Waals surface area contributed by atoms with Crippen molar-refractivity contribution in [1.82, 2.24) is 14.7 Å². The number of hydrogen-bond acceptors (Lipinski definition) is 7. The van der Waals surface area contributed by atoms with Gasteiger partial charge in [0.25, 0.3) is 23.6 Å². The third-order valence-electron chi connectivity index (χ3n) is 6.78. The number of rotatable bonds is 8. The molecule has 200 valence electrons. The lowest BCUT2D eigenvalue weighted by atomic mass is 9.95. The van der Waals surface area contributed by atoms with Crippen molar-refractivity contribution in [3.63, 3.8) is 0 Å². The molecule has 0 atom stereocenters. The molecule has 3 aliphatic rings. The second kappa shape index (κ2) is 10.9. The predicted octanol–water partition coefficient (Wildman–Crippen LogP) is 3.61. The summed E-state index contributed by atoms with van der Waals surface area (Å²) in [6, 6.07) is 5.52. The molecule has 38 heavy (non-hydrogen) atoms. The second-order valence-electron chi connectivity index (χ2n) is 9.60. The van der Waals surface area contributed by atoms with E-state index < -0.39 is 23.6 Å². The number of allylic oxidation sites excluding steroid dienone is 1. The van der Waals surface area contributed by atoms with Crippen LogP contribution >= 0.6 is 12.2 Å². The standard InChI is InChI=1S/C28H32N4O5S/c1-6-8-14-30-26(35)23(27(36)31(28(30)38)15-9-7-2)25-24(32-21(33)12-13-22(32)34)17(3)19-11-10-18(29(4)5)16-20(19)37-25/h10-13,16H,6-9,14-15H2,1-5H3. The summed E-state index contributed by atoms with van der Waals surface area (Å²) >= 11 is 5.59. The molecule has 4 rings (SSSR count). The Morgan fingerprint density at radius 3 is 1.95 bits per heavy atom. The molecule has 3 heterocycles. The highest BCUT2D eigenvalue weighted by molar-refractivity contribution is 7.80. The Morgan fingerprint density at radius 2 is 1.45 bits per heavy atom. The van der Waals surface area contributed by atoms with Crippen molar-refractivity contribution in [2.45, 2.75) is 46.5 Å². The summed E-state index contributed by atoms with van der Waals surface area (Å²) in [5.41, 5.74) is 1.88. The summed E-state index contributed by atoms with van der Waals surface area (Å²) in [5, 5.41) is 0.162. The third-order valence-corrected chi connectivity index (χ3v) is 7.22. The van der Waals surface area contributed by atoms with Gasteiger partial charge in [-0.05, 0) is 49.7 Å². The first-order valence-electron chi connectivity index (χ1n) is 12.8. The highest BCUT2D eigenvalue weighted by Crippen LogP contribution is 2.43. The number of hydrogen-bond donors (Lipinski definition) is 0. The van der Waals surface area contributed by atoms with Gasteiger partial charge in [0.05, 0.1) is 5.70 Å². The highest BCUT2D eigenvalue weighted by atomic mass is 32.1. The summed E-state index contributed by atoms with van der Waals surface area (Å²) < 4.78 is 6.32. The lowest BCUT2D eigenvalue weighted by Crippen LogP contribution is -2.57. The number of ether oxygens (including phenoxy) is 1. The SMILES string of the molecule is CCCCN1C(=O)C(=C2Oc3cc(N(C)C)ccc3C(C)=C2N2C(=O)C=CC2=O)C(=O)N(CCCC)C1=S. The van der Waals surface area contributed by atoms with E-state index in [0.29, 0.717) is 42.8 Å². The number of fused-ring (bicyclic) bond motifs is 1. The van der Waals surface area contributed by atoms with Crippen LogP contribution in [0.1, 0.15) is 52.0 Å². The lowest BCUT2D eigenvalue weighted by Gasteiger charge is -2.38. The Hall–Kier alpha value is -3.79. The van der Waals surface area contributed by atoms with Crippen LogP contribution in [0.5, 0.6) is 5.75 Å². The van der Waals surface area contributed by atoms with Crippen LogP contribution in [-0.4, -0.2) is 70.6 Å². The van der Waals surface area contributed by atoms with Gasteiger partial charge in [-0.25, -0.2) is 4.90 Å². The van der Waals surface area contributed by atoms with Gasteiger partial charge in [0, 0.05) is 56.7 Å². The number of carbonyl (C=O) groups excluding carboxylic acids is 4. The number of amides is 4. The van der Waals surface area contributed by atoms with Gasteiger partial charge < -0.3 is 9.64 Å². The summed E-state index contributed by atoms with van der Waals surface area (Å²) in [6.45, 7) is 6.43. The van der Waals surface area contributed by atoms with Gasteiger partial charge in [0.15, 0.2) is 16.4 Å². The van der Waals surface area contributed by atoms with Gasteiger partial charge in [-0.2, -0.15) is 0 Å². The molecular weight excluding hydrogens is 504 g/mol. The molecule has 3 aliphatic heterocycles. The van der Waals surface area contributed by atoms with E-state index in [2.05, 4.69) is 0 Å². The van der Waals surface area contributed by atoms with Crippen molar-refractivity contribution in [3.8, 4) is 5.75 Å². The van der Waals surface area contributed by atoms with Gasteiger partial charge in [-0.15, -0.1) is 0 Å². The first kappa shape index (κ1) is 27.3. The fourth-order valence-corrected chi connectivity index (χ4v) is 4.95. The van der Waals surface area contributed by atoms with E-state index in [1.807, 2.05) is 45.0 Å². The maximum Gasteiger partial charge on any atom is 0.269 e. The zero-order valence-electron chi connectivity index (χ0n) is 22.4. The molecule has 10 heteroatoms. The minimum Gasteiger partial charge on any atom is -0.453 e. The molecule has 1 aromatic carbocycles. The summed E-state index contributed by atoms with van der Waals surface area (Å²) in [5.74, 6) is -2.04. The Morgan fingerprint density at radius 1 is 0.895 bits per heavy atom. The zero-order chi connectivity index (χ0) is 27.7. The molecule has 0 aromatic heterocycles. The summed E-state index contributed by atoms with van der Waals surface area (Å²) in [6.07, 6.45) is 5.35. The molecule has 0 bridgehead atoms. The minimum absolute atomic E-state index is 0.0884. The number of nitrogens with zero attached hydrogens (tertiary/aromatic N) is 4. The molecule has 4 amide bonds. The number of benzene rings is 1. The average molecular weight is 537 g/mol. The largest absolute Gasteiger partial charge is 0.453 e. The fourth-order valence-electron chi connectivity index (χ4n) is 4.60. The lowest BCUT2D eigenvalue weighted by molar-refractivity contribution is -0.137. The van der Waals surface area contributed by atoms with Crippen molar-refractivity contribution in [3.05, 3.63) is 52.9 Å². The molecule has 0 N–H and O–H groups in total. The van der Waals surface area contributed by atoms with Crippen LogP contribution in [0.2, 0.25) is 0 Å². The van der Waals surface area contributed by atoms with E-state index in [9.17, 15) is 19.2 Å². The van der Waals surface area contributed by atoms with E-state index in [1.165, 1.54) is 9.80 Å². The van der Waals surface area contributed by atoms with E-state index in [1.54, 1.807) is 13.0 Å². The fraction of sp³-hybridized carbons (Fsp3) is 0.393. The molecule has 1 saturated heterocycles. The Balaban J connectivity index is 1.98. The minimum atomic E-state index is -0.597. The van der Waals surface area contributed by atoms with Gasteiger partial charge in [-0.1, -0.05) is 26.7 Å². The normalized spacial score (nSPS) is 17.7. The highest BCUT2D eigenvalue weighted by Gasteiger charge is 2.45. The van der Waals surface area contributed by atoms with Crippen LogP contribution in [0.15, 0.2) is 47.4 Å². The number of unbranched alkanes of at least 4 members (excludes halogenated alkanes) is 2. The second-order valence-corrected chi connectivity index (χ2v) is 9.97. The quantitative estimate of drug-likeness (QED) is 0.217. The zero-order valence-corrected chi connectivity index (χ0v) is 23.2. The molecule has 9 nitrogen and oxygen atoms in total. The first-order chi connectivity index (χ1) is 18.1. The van der Waals surface area contributed by atoms with Crippen molar-refractivity contribution in [1.29, 1.82) is 0 Å². The number of imide groups is 1. The monoisotopic (exact) mass is 536 g/mol. The molecule has 0 aliphatic carbocycles. The molecule has 0 unspecified atom stereocenters. The molecule has 0 radical (unpaired) electrons. The molecule has 1 aromatic rings. The third kappa shape index (κ3) is 4.64. The van der Waals surface area contributed by atoms with Crippen molar-refractivity contribution in [2.75, 3.05) is 32.1 Å². The van der Waals surface area contributed by atoms with E-state index in [4.69, 9.17) is 17.0 Å². The Labute approximate surface area is 228 Å². The van der Waals surface area contributed by atoms with Crippen LogP contribution in [0, 0.1) is 0 Å². The molecule has 0 spiro atoms. The molecular formula is C28H32N4O5S. The van der Waals surface area contributed by atoms with Crippen LogP contribution < -0.4 is 9.64 Å². The van der Waals surface area contributed by atoms with Crippen LogP contribution in [0.4, 0.5) is 5.69 Å². The topological polar surface area (TPSA) is 90.5 Å². The maximum atomic E-state index is 13.9. The summed E-state index contributed by atoms with van der Waals surface area (Å²) in [4.78, 5) is 59.2. The first-order valence-corrected chi connectivity index (χ1v) is 13.2. The molecule has 1 fully saturated rings. The average Bonchev–Trinajstić information content (AvgIpc) is 3.21. The van der Waals surface area contributed by atoms with Crippen molar-refractivity contribution >= 4 is 52.2 Å². The van der Waals surface area contributed by atoms with Crippen molar-refractivity contribution < 1.29 is 23.9 Å². The van der Waals surface area contributed by atoms with Gasteiger partial charge >= 0.3 is 0 Å². The van der Waals surface area contributed by atoms with Gasteiger partial charge in [0.2, 0.25) is 0 Å². The molecule has 0 saturated carbocycles. The number of carbonyl (C=O) groups is 4. The Kier molecular flexibility index (Phi) is 7.82. The van der Waals surface area contributed by atoms with Crippen LogP contribution in [-0.2, 0) is 19.2 Å². The smallest absolute Gasteiger partial charge is 0.269 e. The maximum absolute atomic E-state index is 13.9. The van der Waals surface area contributed by atoms with Crippen LogP contribution in [0.25, 0.3) is 5.57 Å². The summed E-state index contributed by atoms with van der Waals surface area (Å²) in [7, 11) is 3.77. The Bertz CT molecular complexity index is 1280. The van der Waals surface area contributed by atoms with E-state index >= 15 is 0 Å². The van der Waals surface area contributed by atoms with Gasteiger partial charge in [-0.3, -0.25) is 29.0 Å². The van der Waals surface area contributed by atoms with Gasteiger partial charge in [0.1, 0.15) is 5.75 Å². The van der Waals surface area contributed by atoms with Crippen LogP contribution in [0.3, 0.4) is 0 Å². The number of anilines is 1. The van der Waals surface area contributed by atoms with Crippen molar-refractivity contribution in [2.24, 2.45) is 0 Å². The van der Waals surface area contributed by atoms with E-state index in [-0.39, 0.29) is 22.1 Å². The van der Waals surface area contributed by atoms with E-state index in [0.717, 1.165) is 35.6 Å².